The Morgan fingerprint density at radius 1 is 1.44 bits per heavy atom. The van der Waals surface area contributed by atoms with E-state index in [1.165, 1.54) is 28.0 Å². The van der Waals surface area contributed by atoms with Crippen LogP contribution in [0.25, 0.3) is 0 Å². The summed E-state index contributed by atoms with van der Waals surface area (Å²) in [5, 5.41) is 3.58. The molecule has 1 unspecified atom stereocenters. The minimum absolute atomic E-state index is 0.734. The zero-order valence-electron chi connectivity index (χ0n) is 9.58. The van der Waals surface area contributed by atoms with E-state index in [0.29, 0.717) is 0 Å². The Hall–Kier alpha value is 0.01000. The lowest BCUT2D eigenvalue weighted by molar-refractivity contribution is 0.557. The van der Waals surface area contributed by atoms with Crippen molar-refractivity contribution in [1.82, 2.24) is 5.32 Å². The molecule has 2 rings (SSSR count). The van der Waals surface area contributed by atoms with Crippen LogP contribution in [0.1, 0.15) is 19.8 Å². The van der Waals surface area contributed by atoms with Crippen LogP contribution >= 0.6 is 27.7 Å². The van der Waals surface area contributed by atoms with E-state index in [-0.39, 0.29) is 0 Å². The predicted molar refractivity (Wildman–Crippen MR) is 75.1 cm³/mol. The average molecular weight is 300 g/mol. The summed E-state index contributed by atoms with van der Waals surface area (Å²) in [6.45, 7) is 3.47. The zero-order valence-corrected chi connectivity index (χ0v) is 12.0. The van der Waals surface area contributed by atoms with Crippen molar-refractivity contribution in [2.24, 2.45) is 5.92 Å². The molecule has 3 heteroatoms. The molecule has 0 heterocycles. The van der Waals surface area contributed by atoms with E-state index in [2.05, 4.69) is 52.4 Å². The third-order valence-electron chi connectivity index (χ3n) is 2.69. The zero-order chi connectivity index (χ0) is 11.4. The first-order valence-corrected chi connectivity index (χ1v) is 7.64. The van der Waals surface area contributed by atoms with Crippen LogP contribution in [0.15, 0.2) is 33.6 Å². The summed E-state index contributed by atoms with van der Waals surface area (Å²) in [5.74, 6) is 1.92. The first-order chi connectivity index (χ1) is 7.75. The molecule has 1 fully saturated rings. The molecular weight excluding hydrogens is 282 g/mol. The summed E-state index contributed by atoms with van der Waals surface area (Å²) < 4.78 is 1.21. The van der Waals surface area contributed by atoms with E-state index in [0.717, 1.165) is 18.5 Å². The Balaban J connectivity index is 1.71. The fourth-order valence-electron chi connectivity index (χ4n) is 1.51. The van der Waals surface area contributed by atoms with Crippen LogP contribution in [0, 0.1) is 5.92 Å². The van der Waals surface area contributed by atoms with E-state index in [4.69, 9.17) is 0 Å². The van der Waals surface area contributed by atoms with Gasteiger partial charge in [-0.3, -0.25) is 0 Å². The van der Waals surface area contributed by atoms with Gasteiger partial charge < -0.3 is 5.32 Å². The Kier molecular flexibility index (Phi) is 4.74. The van der Waals surface area contributed by atoms with E-state index >= 15 is 0 Å². The summed E-state index contributed by atoms with van der Waals surface area (Å²) in [7, 11) is 0. The third-order valence-corrected chi connectivity index (χ3v) is 5.05. The van der Waals surface area contributed by atoms with Gasteiger partial charge in [-0.05, 0) is 53.4 Å². The van der Waals surface area contributed by atoms with Gasteiger partial charge in [-0.2, -0.15) is 0 Å². The predicted octanol–water partition coefficient (Wildman–Crippen LogP) is 3.93. The van der Waals surface area contributed by atoms with Crippen molar-refractivity contribution in [2.45, 2.75) is 30.7 Å². The summed E-state index contributed by atoms with van der Waals surface area (Å²) in [5.41, 5.74) is 0. The minimum Gasteiger partial charge on any atom is -0.314 e. The summed E-state index contributed by atoms with van der Waals surface area (Å²) in [6, 6.07) is 9.27. The van der Waals surface area contributed by atoms with Gasteiger partial charge in [0.2, 0.25) is 0 Å². The Labute approximate surface area is 111 Å². The summed E-state index contributed by atoms with van der Waals surface area (Å²) in [4.78, 5) is 1.35. The maximum Gasteiger partial charge on any atom is 0.0311 e. The molecule has 1 saturated carbocycles. The normalized spacial score (nSPS) is 17.4. The van der Waals surface area contributed by atoms with Crippen molar-refractivity contribution >= 4 is 27.7 Å². The molecule has 16 heavy (non-hydrogen) atoms. The molecule has 0 saturated heterocycles. The summed E-state index contributed by atoms with van der Waals surface area (Å²) >= 11 is 5.52. The van der Waals surface area contributed by atoms with Gasteiger partial charge in [0.1, 0.15) is 0 Å². The van der Waals surface area contributed by atoms with Crippen LogP contribution in [0.5, 0.6) is 0 Å². The van der Waals surface area contributed by atoms with Crippen LogP contribution in [-0.2, 0) is 0 Å². The molecule has 0 bridgehead atoms. The van der Waals surface area contributed by atoms with Gasteiger partial charge in [0.05, 0.1) is 0 Å². The van der Waals surface area contributed by atoms with Crippen LogP contribution in [0.3, 0.4) is 0 Å². The molecule has 1 aliphatic rings. The van der Waals surface area contributed by atoms with Crippen molar-refractivity contribution in [3.63, 3.8) is 0 Å². The second-order valence-corrected chi connectivity index (χ2v) is 6.45. The largest absolute Gasteiger partial charge is 0.314 e. The highest BCUT2D eigenvalue weighted by Crippen LogP contribution is 2.28. The van der Waals surface area contributed by atoms with Crippen LogP contribution in [0.2, 0.25) is 0 Å². The molecular formula is C13H18BrNS. The third kappa shape index (κ3) is 4.11. The van der Waals surface area contributed by atoms with Crippen molar-refractivity contribution in [1.29, 1.82) is 0 Å². The number of benzene rings is 1. The highest BCUT2D eigenvalue weighted by Gasteiger charge is 2.20. The Morgan fingerprint density at radius 2 is 2.19 bits per heavy atom. The lowest BCUT2D eigenvalue weighted by atomic mass is 10.2. The Morgan fingerprint density at radius 3 is 2.88 bits per heavy atom. The van der Waals surface area contributed by atoms with Gasteiger partial charge >= 0.3 is 0 Å². The van der Waals surface area contributed by atoms with Crippen molar-refractivity contribution in [3.8, 4) is 0 Å². The van der Waals surface area contributed by atoms with Gasteiger partial charge in [-0.25, -0.2) is 0 Å². The molecule has 0 aromatic heterocycles. The van der Waals surface area contributed by atoms with E-state index in [1.54, 1.807) is 0 Å². The quantitative estimate of drug-likeness (QED) is 0.799. The van der Waals surface area contributed by atoms with Gasteiger partial charge in [0, 0.05) is 21.2 Å². The Bertz CT molecular complexity index is 338. The van der Waals surface area contributed by atoms with Crippen LogP contribution in [-0.4, -0.2) is 18.3 Å². The molecule has 1 atom stereocenters. The van der Waals surface area contributed by atoms with Crippen LogP contribution < -0.4 is 5.32 Å². The number of hydrogen-bond acceptors (Lipinski definition) is 2. The first kappa shape index (κ1) is 12.5. The number of hydrogen-bond donors (Lipinski definition) is 1. The maximum absolute atomic E-state index is 3.58. The monoisotopic (exact) mass is 299 g/mol. The van der Waals surface area contributed by atoms with E-state index in [1.807, 2.05) is 11.8 Å². The fourth-order valence-corrected chi connectivity index (χ4v) is 3.10. The second kappa shape index (κ2) is 6.08. The van der Waals surface area contributed by atoms with Gasteiger partial charge in [-0.1, -0.05) is 19.1 Å². The van der Waals surface area contributed by atoms with E-state index in [9.17, 15) is 0 Å². The lowest BCUT2D eigenvalue weighted by Gasteiger charge is -2.12. The van der Waals surface area contributed by atoms with Crippen molar-refractivity contribution < 1.29 is 0 Å². The summed E-state index contributed by atoms with van der Waals surface area (Å²) in [6.07, 6.45) is 2.76. The van der Waals surface area contributed by atoms with Crippen LogP contribution in [0.4, 0.5) is 0 Å². The molecule has 1 aromatic rings. The maximum atomic E-state index is 3.58. The van der Waals surface area contributed by atoms with Crippen molar-refractivity contribution in [3.05, 3.63) is 28.7 Å². The number of nitrogens with one attached hydrogen (secondary N) is 1. The highest BCUT2D eigenvalue weighted by molar-refractivity contribution is 9.10. The molecule has 1 aliphatic carbocycles. The number of rotatable bonds is 6. The molecule has 1 aromatic carbocycles. The minimum atomic E-state index is 0.734. The van der Waals surface area contributed by atoms with E-state index < -0.39 is 0 Å². The van der Waals surface area contributed by atoms with Gasteiger partial charge in [-0.15, -0.1) is 11.8 Å². The molecule has 0 aliphatic heterocycles. The first-order valence-electron chi connectivity index (χ1n) is 5.86. The molecule has 0 radical (unpaired) electrons. The topological polar surface area (TPSA) is 12.0 Å². The van der Waals surface area contributed by atoms with Gasteiger partial charge in [0.25, 0.3) is 0 Å². The fraction of sp³-hybridized carbons (Fsp3) is 0.538. The number of thioether (sulfide) groups is 1. The van der Waals surface area contributed by atoms with Gasteiger partial charge in [0.15, 0.2) is 0 Å². The smallest absolute Gasteiger partial charge is 0.0311 e. The standard InChI is InChI=1S/C13H18BrNS/c1-10(8-15-11-6-7-11)9-16-13-5-3-2-4-12(13)14/h2-5,10-11,15H,6-9H2,1H3. The van der Waals surface area contributed by atoms with Crippen molar-refractivity contribution in [2.75, 3.05) is 12.3 Å². The SMILES string of the molecule is CC(CNC1CC1)CSc1ccccc1Br. The molecule has 1 N–H and O–H groups in total. The molecule has 0 spiro atoms. The molecule has 0 amide bonds. The highest BCUT2D eigenvalue weighted by atomic mass is 79.9. The number of halogens is 1. The second-order valence-electron chi connectivity index (χ2n) is 4.53. The average Bonchev–Trinajstić information content (AvgIpc) is 3.09. The lowest BCUT2D eigenvalue weighted by Crippen LogP contribution is -2.24. The molecule has 88 valence electrons. The molecule has 1 nitrogen and oxygen atoms in total.